The summed E-state index contributed by atoms with van der Waals surface area (Å²) < 4.78 is 7.44. The number of carbonyl (C=O) groups excluding carboxylic acids is 1. The summed E-state index contributed by atoms with van der Waals surface area (Å²) in [5.41, 5.74) is 9.45. The Kier molecular flexibility index (Phi) is 7.25. The van der Waals surface area contributed by atoms with Gasteiger partial charge >= 0.3 is 0 Å². The van der Waals surface area contributed by atoms with E-state index in [4.69, 9.17) is 15.9 Å². The minimum atomic E-state index is -0.223. The van der Waals surface area contributed by atoms with E-state index in [1.54, 1.807) is 37.4 Å². The van der Waals surface area contributed by atoms with Gasteiger partial charge < -0.3 is 25.5 Å². The van der Waals surface area contributed by atoms with Crippen molar-refractivity contribution in [1.82, 2.24) is 9.88 Å². The van der Waals surface area contributed by atoms with Crippen LogP contribution in [-0.2, 0) is 13.1 Å². The first-order chi connectivity index (χ1) is 15.5. The van der Waals surface area contributed by atoms with E-state index >= 15 is 0 Å². The van der Waals surface area contributed by atoms with Crippen molar-refractivity contribution in [3.63, 3.8) is 0 Å². The topological polar surface area (TPSA) is 113 Å². The quantitative estimate of drug-likeness (QED) is 0.244. The zero-order valence-electron chi connectivity index (χ0n) is 18.0. The summed E-state index contributed by atoms with van der Waals surface area (Å²) in [5, 5.41) is 20.9. The molecule has 4 rings (SSSR count). The zero-order valence-corrected chi connectivity index (χ0v) is 18.9. The Balaban J connectivity index is 0.00000306. The van der Waals surface area contributed by atoms with E-state index in [0.29, 0.717) is 30.1 Å². The fourth-order valence-electron chi connectivity index (χ4n) is 3.70. The summed E-state index contributed by atoms with van der Waals surface area (Å²) in [6.45, 7) is 0.761. The molecule has 0 unspecified atom stereocenters. The largest absolute Gasteiger partial charge is 0.508 e. The number of nitrogen functional groups attached to an aromatic ring is 1. The highest BCUT2D eigenvalue weighted by Gasteiger charge is 2.18. The van der Waals surface area contributed by atoms with E-state index in [1.807, 2.05) is 47.0 Å². The number of nitrogens with two attached hydrogens (primary N) is 1. The van der Waals surface area contributed by atoms with Crippen LogP contribution in [0.1, 0.15) is 27.2 Å². The van der Waals surface area contributed by atoms with Gasteiger partial charge in [0, 0.05) is 24.0 Å². The van der Waals surface area contributed by atoms with Crippen molar-refractivity contribution in [1.29, 1.82) is 5.41 Å². The third-order valence-corrected chi connectivity index (χ3v) is 5.33. The number of carbonyl (C=O) groups is 1. The van der Waals surface area contributed by atoms with Crippen molar-refractivity contribution < 1.29 is 14.6 Å². The summed E-state index contributed by atoms with van der Waals surface area (Å²) in [6, 6.07) is 21.7. The maximum Gasteiger partial charge on any atom is 0.268 e. The second kappa shape index (κ2) is 10.1. The van der Waals surface area contributed by atoms with E-state index in [-0.39, 0.29) is 29.9 Å². The lowest BCUT2D eigenvalue weighted by atomic mass is 10.1. The SMILES string of the molecule is COc1cccc2c1cc(C(=O)NCc1ccc(O)cc1)n2Cc1cccc(C(=N)N)c1.Cl. The van der Waals surface area contributed by atoms with Gasteiger partial charge in [-0.2, -0.15) is 0 Å². The second-order valence-corrected chi connectivity index (χ2v) is 7.47. The Morgan fingerprint density at radius 1 is 1.06 bits per heavy atom. The number of rotatable bonds is 7. The van der Waals surface area contributed by atoms with Gasteiger partial charge in [-0.05, 0) is 47.5 Å². The van der Waals surface area contributed by atoms with Crippen LogP contribution in [0.3, 0.4) is 0 Å². The normalized spacial score (nSPS) is 10.5. The molecular formula is C25H25ClN4O3. The molecule has 8 heteroatoms. The van der Waals surface area contributed by atoms with Crippen molar-refractivity contribution in [3.8, 4) is 11.5 Å². The van der Waals surface area contributed by atoms with Crippen LogP contribution >= 0.6 is 12.4 Å². The average Bonchev–Trinajstić information content (AvgIpc) is 3.17. The molecule has 1 aromatic heterocycles. The molecule has 0 saturated heterocycles. The summed E-state index contributed by atoms with van der Waals surface area (Å²) in [6.07, 6.45) is 0. The van der Waals surface area contributed by atoms with Crippen LogP contribution in [0.4, 0.5) is 0 Å². The number of halogens is 1. The number of amidine groups is 1. The summed E-state index contributed by atoms with van der Waals surface area (Å²) in [4.78, 5) is 13.2. The number of phenols is 1. The number of fused-ring (bicyclic) bond motifs is 1. The van der Waals surface area contributed by atoms with Crippen molar-refractivity contribution >= 4 is 35.1 Å². The summed E-state index contributed by atoms with van der Waals surface area (Å²) in [5.74, 6) is 0.642. The number of ether oxygens (including phenoxy) is 1. The van der Waals surface area contributed by atoms with E-state index in [1.165, 1.54) is 0 Å². The molecule has 0 bridgehead atoms. The van der Waals surface area contributed by atoms with Crippen LogP contribution in [0.25, 0.3) is 10.9 Å². The number of amides is 1. The van der Waals surface area contributed by atoms with Gasteiger partial charge in [0.2, 0.25) is 0 Å². The molecule has 7 nitrogen and oxygen atoms in total. The third-order valence-electron chi connectivity index (χ3n) is 5.33. The molecule has 1 amide bonds. The molecule has 3 aromatic carbocycles. The molecule has 0 saturated carbocycles. The standard InChI is InChI=1S/C25H24N4O3.ClH/c1-32-23-7-3-6-21-20(23)13-22(25(31)28-14-16-8-10-19(30)11-9-16)29(21)15-17-4-2-5-18(12-17)24(26)27;/h2-13,30H,14-15H2,1H3,(H3,26,27)(H,28,31);1H. The van der Waals surface area contributed by atoms with Gasteiger partial charge in [-0.15, -0.1) is 12.4 Å². The smallest absolute Gasteiger partial charge is 0.268 e. The number of aromatic hydroxyl groups is 1. The number of hydrogen-bond acceptors (Lipinski definition) is 4. The third kappa shape index (κ3) is 5.10. The maximum absolute atomic E-state index is 13.2. The van der Waals surface area contributed by atoms with Gasteiger partial charge in [-0.1, -0.05) is 36.4 Å². The summed E-state index contributed by atoms with van der Waals surface area (Å²) in [7, 11) is 1.60. The lowest BCUT2D eigenvalue weighted by molar-refractivity contribution is 0.0942. The molecule has 4 aromatic rings. The van der Waals surface area contributed by atoms with Gasteiger partial charge in [0.1, 0.15) is 23.0 Å². The van der Waals surface area contributed by atoms with Crippen LogP contribution in [0.15, 0.2) is 72.8 Å². The second-order valence-electron chi connectivity index (χ2n) is 7.47. The van der Waals surface area contributed by atoms with Gasteiger partial charge in [0.05, 0.1) is 12.6 Å². The van der Waals surface area contributed by atoms with Crippen molar-refractivity contribution in [2.45, 2.75) is 13.1 Å². The monoisotopic (exact) mass is 464 g/mol. The number of nitrogens with zero attached hydrogens (tertiary/aromatic N) is 1. The first-order valence-electron chi connectivity index (χ1n) is 10.1. The lowest BCUT2D eigenvalue weighted by Crippen LogP contribution is -2.25. The molecule has 0 spiro atoms. The number of methoxy groups -OCH3 is 1. The maximum atomic E-state index is 13.2. The number of aromatic nitrogens is 1. The molecular weight excluding hydrogens is 440 g/mol. The molecule has 1 heterocycles. The number of benzene rings is 3. The Bertz CT molecular complexity index is 1300. The molecule has 170 valence electrons. The van der Waals surface area contributed by atoms with Gasteiger partial charge in [-0.25, -0.2) is 0 Å². The summed E-state index contributed by atoms with van der Waals surface area (Å²) >= 11 is 0. The predicted molar refractivity (Wildman–Crippen MR) is 132 cm³/mol. The van der Waals surface area contributed by atoms with E-state index in [0.717, 1.165) is 22.0 Å². The van der Waals surface area contributed by atoms with E-state index < -0.39 is 0 Å². The number of nitrogens with one attached hydrogen (secondary N) is 2. The van der Waals surface area contributed by atoms with Crippen LogP contribution in [0.2, 0.25) is 0 Å². The van der Waals surface area contributed by atoms with E-state index in [9.17, 15) is 9.90 Å². The number of phenolic OH excluding ortho intramolecular Hbond substituents is 1. The predicted octanol–water partition coefficient (Wildman–Crippen LogP) is 4.04. The Hall–Kier alpha value is -3.97. The van der Waals surface area contributed by atoms with Gasteiger partial charge in [-0.3, -0.25) is 10.2 Å². The first-order valence-corrected chi connectivity index (χ1v) is 10.1. The number of hydrogen-bond donors (Lipinski definition) is 4. The molecule has 0 radical (unpaired) electrons. The molecule has 5 N–H and O–H groups in total. The van der Waals surface area contributed by atoms with E-state index in [2.05, 4.69) is 5.32 Å². The van der Waals surface area contributed by atoms with Crippen molar-refractivity contribution in [2.75, 3.05) is 7.11 Å². The van der Waals surface area contributed by atoms with Crippen molar-refractivity contribution in [2.24, 2.45) is 5.73 Å². The minimum Gasteiger partial charge on any atom is -0.508 e. The highest BCUT2D eigenvalue weighted by molar-refractivity contribution is 6.00. The van der Waals surface area contributed by atoms with Crippen LogP contribution in [0, 0.1) is 5.41 Å². The fraction of sp³-hybridized carbons (Fsp3) is 0.120. The van der Waals surface area contributed by atoms with Crippen LogP contribution < -0.4 is 15.8 Å². The molecule has 0 aliphatic carbocycles. The highest BCUT2D eigenvalue weighted by atomic mass is 35.5. The molecule has 0 aliphatic rings. The van der Waals surface area contributed by atoms with Crippen molar-refractivity contribution in [3.05, 3.63) is 95.2 Å². The average molecular weight is 465 g/mol. The highest BCUT2D eigenvalue weighted by Crippen LogP contribution is 2.29. The molecule has 0 atom stereocenters. The van der Waals surface area contributed by atoms with Gasteiger partial charge in [0.25, 0.3) is 5.91 Å². The fourth-order valence-corrected chi connectivity index (χ4v) is 3.70. The molecule has 0 fully saturated rings. The minimum absolute atomic E-state index is 0. The lowest BCUT2D eigenvalue weighted by Gasteiger charge is -2.13. The molecule has 33 heavy (non-hydrogen) atoms. The first kappa shape index (κ1) is 23.7. The van der Waals surface area contributed by atoms with Crippen LogP contribution in [0.5, 0.6) is 11.5 Å². The molecule has 0 aliphatic heterocycles. The van der Waals surface area contributed by atoms with Crippen LogP contribution in [-0.4, -0.2) is 28.5 Å². The Morgan fingerprint density at radius 2 is 1.79 bits per heavy atom. The Labute approximate surface area is 197 Å². The van der Waals surface area contributed by atoms with Gasteiger partial charge in [0.15, 0.2) is 0 Å². The zero-order chi connectivity index (χ0) is 22.7. The Morgan fingerprint density at radius 3 is 2.48 bits per heavy atom.